The summed E-state index contributed by atoms with van der Waals surface area (Å²) in [5.74, 6) is 0. The first-order valence-electron chi connectivity index (χ1n) is 5.30. The van der Waals surface area contributed by atoms with Crippen LogP contribution in [0.5, 0.6) is 0 Å². The van der Waals surface area contributed by atoms with Gasteiger partial charge in [0.1, 0.15) is 0 Å². The maximum atomic E-state index is 8.78. The van der Waals surface area contributed by atoms with Gasteiger partial charge in [0.2, 0.25) is 0 Å². The molecule has 94 valence electrons. The van der Waals surface area contributed by atoms with E-state index in [0.717, 1.165) is 21.4 Å². The van der Waals surface area contributed by atoms with Crippen molar-refractivity contribution in [2.75, 3.05) is 5.32 Å². The predicted molar refractivity (Wildman–Crippen MR) is 75.6 cm³/mol. The third-order valence-electron chi connectivity index (χ3n) is 2.39. The molecule has 0 amide bonds. The molecule has 6 heteroatoms. The summed E-state index contributed by atoms with van der Waals surface area (Å²) in [7, 11) is 0. The van der Waals surface area contributed by atoms with E-state index in [1.807, 2.05) is 31.2 Å². The fourth-order valence-corrected chi connectivity index (χ4v) is 2.61. The van der Waals surface area contributed by atoms with Crippen molar-refractivity contribution in [3.63, 3.8) is 0 Å². The van der Waals surface area contributed by atoms with E-state index in [2.05, 4.69) is 15.5 Å². The van der Waals surface area contributed by atoms with Crippen LogP contribution in [0.2, 0.25) is 5.02 Å². The quantitative estimate of drug-likeness (QED) is 0.507. The molecule has 0 aliphatic heterocycles. The molecule has 1 aromatic carbocycles. The van der Waals surface area contributed by atoms with Gasteiger partial charge in [-0.3, -0.25) is 0 Å². The third-order valence-corrected chi connectivity index (χ3v) is 3.90. The lowest BCUT2D eigenvalue weighted by molar-refractivity contribution is 0.319. The summed E-state index contributed by atoms with van der Waals surface area (Å²) in [6.45, 7) is 3.61. The van der Waals surface area contributed by atoms with E-state index >= 15 is 0 Å². The lowest BCUT2D eigenvalue weighted by Crippen LogP contribution is -1.92. The molecule has 2 aromatic rings. The zero-order chi connectivity index (χ0) is 13.1. The number of nitrogens with zero attached hydrogens (tertiary/aromatic N) is 2. The summed E-state index contributed by atoms with van der Waals surface area (Å²) in [4.78, 5) is 5.23. The molecule has 0 radical (unpaired) electrons. The van der Waals surface area contributed by atoms with Crippen LogP contribution in [-0.4, -0.2) is 15.9 Å². The Kier molecular flexibility index (Phi) is 3.84. The average Bonchev–Trinajstić information content (AvgIpc) is 2.72. The van der Waals surface area contributed by atoms with E-state index in [-0.39, 0.29) is 0 Å². The highest BCUT2D eigenvalue weighted by Gasteiger charge is 2.11. The molecule has 0 fully saturated rings. The largest absolute Gasteiger partial charge is 0.411 e. The number of hydrogen-bond acceptors (Lipinski definition) is 5. The Morgan fingerprint density at radius 2 is 2.17 bits per heavy atom. The Morgan fingerprint density at radius 3 is 2.83 bits per heavy atom. The summed E-state index contributed by atoms with van der Waals surface area (Å²) in [5, 5.41) is 16.5. The van der Waals surface area contributed by atoms with E-state index in [0.29, 0.717) is 10.7 Å². The maximum Gasteiger partial charge on any atom is 0.188 e. The van der Waals surface area contributed by atoms with Crippen molar-refractivity contribution in [2.24, 2.45) is 5.16 Å². The molecular formula is C12H12ClN3OS. The normalized spacial score (nSPS) is 11.6. The van der Waals surface area contributed by atoms with Gasteiger partial charge in [-0.1, -0.05) is 40.2 Å². The Balaban J connectivity index is 2.29. The van der Waals surface area contributed by atoms with Gasteiger partial charge >= 0.3 is 0 Å². The highest BCUT2D eigenvalue weighted by atomic mass is 35.5. The van der Waals surface area contributed by atoms with Crippen LogP contribution in [0.4, 0.5) is 10.8 Å². The number of nitrogens with one attached hydrogen (secondary N) is 1. The molecule has 0 atom stereocenters. The Hall–Kier alpha value is -1.59. The van der Waals surface area contributed by atoms with Crippen molar-refractivity contribution in [2.45, 2.75) is 13.8 Å². The first-order valence-corrected chi connectivity index (χ1v) is 6.49. The molecule has 2 N–H and O–H groups in total. The van der Waals surface area contributed by atoms with Crippen molar-refractivity contribution in [1.29, 1.82) is 0 Å². The molecule has 0 saturated heterocycles. The molecular weight excluding hydrogens is 270 g/mol. The van der Waals surface area contributed by atoms with Gasteiger partial charge in [0, 0.05) is 0 Å². The van der Waals surface area contributed by atoms with Crippen LogP contribution in [0.3, 0.4) is 0 Å². The average molecular weight is 282 g/mol. The molecule has 1 heterocycles. The van der Waals surface area contributed by atoms with Gasteiger partial charge in [-0.15, -0.1) is 0 Å². The second kappa shape index (κ2) is 5.37. The van der Waals surface area contributed by atoms with Crippen molar-refractivity contribution < 1.29 is 5.21 Å². The smallest absolute Gasteiger partial charge is 0.188 e. The fourth-order valence-electron chi connectivity index (χ4n) is 1.51. The van der Waals surface area contributed by atoms with E-state index in [9.17, 15) is 0 Å². The van der Waals surface area contributed by atoms with Crippen LogP contribution in [0.25, 0.3) is 0 Å². The number of benzene rings is 1. The maximum absolute atomic E-state index is 8.78. The molecule has 0 aliphatic carbocycles. The zero-order valence-corrected chi connectivity index (χ0v) is 11.5. The summed E-state index contributed by atoms with van der Waals surface area (Å²) < 4.78 is 0. The second-order valence-corrected chi connectivity index (χ2v) is 5.13. The zero-order valence-electron chi connectivity index (χ0n) is 9.94. The highest BCUT2D eigenvalue weighted by molar-refractivity contribution is 7.17. The van der Waals surface area contributed by atoms with Gasteiger partial charge in [-0.2, -0.15) is 0 Å². The summed E-state index contributed by atoms with van der Waals surface area (Å²) in [6, 6.07) is 7.46. The van der Waals surface area contributed by atoms with E-state index in [1.54, 1.807) is 6.92 Å². The predicted octanol–water partition coefficient (Wildman–Crippen LogP) is 4.05. The van der Waals surface area contributed by atoms with Crippen LogP contribution >= 0.6 is 22.9 Å². The molecule has 4 nitrogen and oxygen atoms in total. The van der Waals surface area contributed by atoms with Gasteiger partial charge < -0.3 is 10.5 Å². The summed E-state index contributed by atoms with van der Waals surface area (Å²) in [5.41, 5.74) is 2.18. The van der Waals surface area contributed by atoms with Crippen LogP contribution in [-0.2, 0) is 0 Å². The van der Waals surface area contributed by atoms with Crippen LogP contribution in [0, 0.1) is 6.92 Å². The Morgan fingerprint density at radius 1 is 1.44 bits per heavy atom. The first-order chi connectivity index (χ1) is 8.61. The Bertz CT molecular complexity index is 595. The number of rotatable bonds is 3. The number of aromatic nitrogens is 1. The summed E-state index contributed by atoms with van der Waals surface area (Å²) >= 11 is 7.49. The van der Waals surface area contributed by atoms with Gasteiger partial charge in [0.05, 0.1) is 27.0 Å². The molecule has 2 rings (SSSR count). The number of aryl methyl sites for hydroxylation is 1. The van der Waals surface area contributed by atoms with Crippen molar-refractivity contribution in [3.05, 3.63) is 39.9 Å². The third kappa shape index (κ3) is 2.63. The number of oxime groups is 1. The minimum absolute atomic E-state index is 0.553. The molecule has 0 unspecified atom stereocenters. The van der Waals surface area contributed by atoms with Gasteiger partial charge in [0.25, 0.3) is 0 Å². The van der Waals surface area contributed by atoms with Crippen LogP contribution in [0.1, 0.15) is 17.5 Å². The molecule has 0 saturated carbocycles. The minimum Gasteiger partial charge on any atom is -0.411 e. The Labute approximate surface area is 114 Å². The first kappa shape index (κ1) is 12.9. The molecule has 0 aliphatic rings. The van der Waals surface area contributed by atoms with Crippen LogP contribution < -0.4 is 5.32 Å². The topological polar surface area (TPSA) is 57.5 Å². The fraction of sp³-hybridized carbons (Fsp3) is 0.167. The van der Waals surface area contributed by atoms with E-state index in [1.165, 1.54) is 11.3 Å². The number of anilines is 2. The lowest BCUT2D eigenvalue weighted by Gasteiger charge is -2.03. The van der Waals surface area contributed by atoms with Gasteiger partial charge in [-0.05, 0) is 26.0 Å². The van der Waals surface area contributed by atoms with E-state index < -0.39 is 0 Å². The van der Waals surface area contributed by atoms with E-state index in [4.69, 9.17) is 16.8 Å². The SMILES string of the molecule is C/C(=N/O)c1sc(Nc2ccccc2Cl)nc1C. The second-order valence-electron chi connectivity index (χ2n) is 3.72. The van der Waals surface area contributed by atoms with Crippen molar-refractivity contribution in [1.82, 2.24) is 4.98 Å². The molecule has 0 spiro atoms. The standard InChI is InChI=1S/C12H12ClN3OS/c1-7-11(8(2)16-17)18-12(14-7)15-10-6-4-3-5-9(10)13/h3-6,17H,1-2H3,(H,14,15)/b16-8-. The molecule has 1 aromatic heterocycles. The number of halogens is 1. The highest BCUT2D eigenvalue weighted by Crippen LogP contribution is 2.29. The van der Waals surface area contributed by atoms with Crippen molar-refractivity contribution in [3.8, 4) is 0 Å². The monoisotopic (exact) mass is 281 g/mol. The number of para-hydroxylation sites is 1. The van der Waals surface area contributed by atoms with Crippen molar-refractivity contribution >= 4 is 39.5 Å². The lowest BCUT2D eigenvalue weighted by atomic mass is 10.3. The van der Waals surface area contributed by atoms with Gasteiger partial charge in [0.15, 0.2) is 5.13 Å². The number of thiazole rings is 1. The molecule has 18 heavy (non-hydrogen) atoms. The number of hydrogen-bond donors (Lipinski definition) is 2. The van der Waals surface area contributed by atoms with Crippen LogP contribution in [0.15, 0.2) is 29.4 Å². The molecule has 0 bridgehead atoms. The van der Waals surface area contributed by atoms with Gasteiger partial charge in [-0.25, -0.2) is 4.98 Å². The summed E-state index contributed by atoms with van der Waals surface area (Å²) in [6.07, 6.45) is 0. The minimum atomic E-state index is 0.553.